The maximum atomic E-state index is 12.2. The first-order valence-corrected chi connectivity index (χ1v) is 8.04. The molecule has 124 valence electrons. The quantitative estimate of drug-likeness (QED) is 0.701. The monoisotopic (exact) mass is 325 g/mol. The third-order valence-electron chi connectivity index (χ3n) is 4.40. The van der Waals surface area contributed by atoms with Crippen molar-refractivity contribution < 1.29 is 0 Å². The van der Waals surface area contributed by atoms with Crippen LogP contribution in [-0.4, -0.2) is 36.1 Å². The van der Waals surface area contributed by atoms with Gasteiger partial charge in [-0.3, -0.25) is 9.48 Å². The lowest BCUT2D eigenvalue weighted by atomic mass is 10.1. The Balaban J connectivity index is 1.74. The highest BCUT2D eigenvalue weighted by Crippen LogP contribution is 2.26. The standard InChI is InChI=1S/C16H19N7O/c1-10(2)23-14(24)6-11-8-22(5-4-13(11)20-23)16-12-7-19-21(3)15(12)17-9-18-16/h6-7,9-10H,4-5,8H2,1-3H3. The fourth-order valence-corrected chi connectivity index (χ4v) is 3.17. The molecular formula is C16H19N7O. The predicted molar refractivity (Wildman–Crippen MR) is 89.9 cm³/mol. The third-order valence-corrected chi connectivity index (χ3v) is 4.40. The topological polar surface area (TPSA) is 81.7 Å². The molecule has 3 aromatic rings. The molecule has 0 amide bonds. The zero-order valence-corrected chi connectivity index (χ0v) is 14.0. The molecule has 0 spiro atoms. The van der Waals surface area contributed by atoms with Gasteiger partial charge in [-0.15, -0.1) is 0 Å². The molecule has 0 saturated heterocycles. The van der Waals surface area contributed by atoms with E-state index in [4.69, 9.17) is 0 Å². The summed E-state index contributed by atoms with van der Waals surface area (Å²) in [4.78, 5) is 23.1. The summed E-state index contributed by atoms with van der Waals surface area (Å²) in [7, 11) is 1.86. The van der Waals surface area contributed by atoms with Crippen LogP contribution in [0.4, 0.5) is 5.82 Å². The van der Waals surface area contributed by atoms with Crippen LogP contribution in [0.3, 0.4) is 0 Å². The lowest BCUT2D eigenvalue weighted by Crippen LogP contribution is -2.35. The van der Waals surface area contributed by atoms with Crippen LogP contribution in [0.5, 0.6) is 0 Å². The Morgan fingerprint density at radius 3 is 2.88 bits per heavy atom. The summed E-state index contributed by atoms with van der Waals surface area (Å²) < 4.78 is 3.29. The zero-order chi connectivity index (χ0) is 16.8. The van der Waals surface area contributed by atoms with Crippen LogP contribution in [0.25, 0.3) is 11.0 Å². The molecule has 24 heavy (non-hydrogen) atoms. The minimum absolute atomic E-state index is 0.0557. The molecule has 0 N–H and O–H groups in total. The summed E-state index contributed by atoms with van der Waals surface area (Å²) in [5.41, 5.74) is 2.72. The van der Waals surface area contributed by atoms with Crippen LogP contribution in [-0.2, 0) is 20.0 Å². The van der Waals surface area contributed by atoms with Gasteiger partial charge in [-0.2, -0.15) is 10.2 Å². The normalized spacial score (nSPS) is 14.4. The third kappa shape index (κ3) is 2.26. The number of hydrogen-bond donors (Lipinski definition) is 0. The Kier molecular flexibility index (Phi) is 3.33. The van der Waals surface area contributed by atoms with Crippen LogP contribution in [0.1, 0.15) is 31.1 Å². The Morgan fingerprint density at radius 1 is 1.25 bits per heavy atom. The van der Waals surface area contributed by atoms with Gasteiger partial charge in [-0.25, -0.2) is 14.6 Å². The van der Waals surface area contributed by atoms with E-state index in [0.717, 1.165) is 41.1 Å². The second kappa shape index (κ2) is 5.40. The molecule has 1 aliphatic rings. The summed E-state index contributed by atoms with van der Waals surface area (Å²) >= 11 is 0. The number of aromatic nitrogens is 6. The van der Waals surface area contributed by atoms with Crippen molar-refractivity contribution >= 4 is 16.9 Å². The van der Waals surface area contributed by atoms with E-state index in [1.807, 2.05) is 20.9 Å². The minimum Gasteiger partial charge on any atom is -0.351 e. The van der Waals surface area contributed by atoms with Gasteiger partial charge in [-0.05, 0) is 13.8 Å². The molecule has 8 heteroatoms. The summed E-state index contributed by atoms with van der Waals surface area (Å²) in [5, 5.41) is 9.72. The molecule has 0 aliphatic carbocycles. The molecule has 0 fully saturated rings. The predicted octanol–water partition coefficient (Wildman–Crippen LogP) is 1.06. The summed E-state index contributed by atoms with van der Waals surface area (Å²) in [6.45, 7) is 5.36. The molecular weight excluding hydrogens is 306 g/mol. The van der Waals surface area contributed by atoms with E-state index in [1.165, 1.54) is 0 Å². The Hall–Kier alpha value is -2.77. The Morgan fingerprint density at radius 2 is 2.08 bits per heavy atom. The average Bonchev–Trinajstić information content (AvgIpc) is 2.95. The van der Waals surface area contributed by atoms with Crippen molar-refractivity contribution in [3.63, 3.8) is 0 Å². The molecule has 0 unspecified atom stereocenters. The molecule has 0 bridgehead atoms. The second-order valence-corrected chi connectivity index (χ2v) is 6.37. The van der Waals surface area contributed by atoms with E-state index in [-0.39, 0.29) is 11.6 Å². The SMILES string of the molecule is CC(C)n1nc2c(cc1=O)CN(c1ncnc3c1cnn3C)CC2. The van der Waals surface area contributed by atoms with Gasteiger partial charge in [0, 0.05) is 38.2 Å². The van der Waals surface area contributed by atoms with E-state index in [1.54, 1.807) is 28.0 Å². The van der Waals surface area contributed by atoms with E-state index in [2.05, 4.69) is 25.1 Å². The van der Waals surface area contributed by atoms with Gasteiger partial charge in [0.2, 0.25) is 0 Å². The van der Waals surface area contributed by atoms with Crippen LogP contribution in [0.15, 0.2) is 23.4 Å². The number of aryl methyl sites for hydroxylation is 1. The maximum absolute atomic E-state index is 12.2. The molecule has 4 heterocycles. The van der Waals surface area contributed by atoms with Crippen LogP contribution >= 0.6 is 0 Å². The highest BCUT2D eigenvalue weighted by Gasteiger charge is 2.23. The van der Waals surface area contributed by atoms with Gasteiger partial charge in [0.05, 0.1) is 23.3 Å². The largest absolute Gasteiger partial charge is 0.351 e. The number of nitrogens with zero attached hydrogens (tertiary/aromatic N) is 7. The first kappa shape index (κ1) is 14.8. The molecule has 0 radical (unpaired) electrons. The fourth-order valence-electron chi connectivity index (χ4n) is 3.17. The molecule has 3 aromatic heterocycles. The van der Waals surface area contributed by atoms with Gasteiger partial charge in [-0.1, -0.05) is 0 Å². The molecule has 1 aliphatic heterocycles. The van der Waals surface area contributed by atoms with E-state index >= 15 is 0 Å². The van der Waals surface area contributed by atoms with Gasteiger partial charge < -0.3 is 4.90 Å². The van der Waals surface area contributed by atoms with E-state index < -0.39 is 0 Å². The van der Waals surface area contributed by atoms with Gasteiger partial charge >= 0.3 is 0 Å². The van der Waals surface area contributed by atoms with Gasteiger partial charge in [0.25, 0.3) is 5.56 Å². The lowest BCUT2D eigenvalue weighted by molar-refractivity contribution is 0.484. The second-order valence-electron chi connectivity index (χ2n) is 6.37. The van der Waals surface area contributed by atoms with Gasteiger partial charge in [0.15, 0.2) is 5.65 Å². The summed E-state index contributed by atoms with van der Waals surface area (Å²) in [5.74, 6) is 0.854. The van der Waals surface area contributed by atoms with Crippen LogP contribution < -0.4 is 10.5 Å². The lowest BCUT2D eigenvalue weighted by Gasteiger charge is -2.29. The van der Waals surface area contributed by atoms with E-state index in [0.29, 0.717) is 6.54 Å². The molecule has 8 nitrogen and oxygen atoms in total. The smallest absolute Gasteiger partial charge is 0.267 e. The van der Waals surface area contributed by atoms with Crippen LogP contribution in [0, 0.1) is 0 Å². The zero-order valence-electron chi connectivity index (χ0n) is 14.0. The fraction of sp³-hybridized carbons (Fsp3) is 0.438. The Bertz CT molecular complexity index is 972. The molecule has 0 atom stereocenters. The molecule has 0 saturated carbocycles. The molecule has 0 aromatic carbocycles. The van der Waals surface area contributed by atoms with Crippen molar-refractivity contribution in [2.45, 2.75) is 32.9 Å². The number of hydrogen-bond acceptors (Lipinski definition) is 6. The number of rotatable bonds is 2. The highest BCUT2D eigenvalue weighted by atomic mass is 16.1. The van der Waals surface area contributed by atoms with Gasteiger partial charge in [0.1, 0.15) is 12.1 Å². The van der Waals surface area contributed by atoms with Crippen molar-refractivity contribution in [2.75, 3.05) is 11.4 Å². The van der Waals surface area contributed by atoms with Crippen molar-refractivity contribution in [3.05, 3.63) is 40.2 Å². The average molecular weight is 325 g/mol. The summed E-state index contributed by atoms with van der Waals surface area (Å²) in [6.07, 6.45) is 4.13. The van der Waals surface area contributed by atoms with Crippen molar-refractivity contribution in [3.8, 4) is 0 Å². The summed E-state index contributed by atoms with van der Waals surface area (Å²) in [6, 6.07) is 1.77. The number of fused-ring (bicyclic) bond motifs is 2. The van der Waals surface area contributed by atoms with Crippen molar-refractivity contribution in [2.24, 2.45) is 7.05 Å². The van der Waals surface area contributed by atoms with Crippen molar-refractivity contribution in [1.82, 2.24) is 29.5 Å². The minimum atomic E-state index is -0.0557. The first-order chi connectivity index (χ1) is 11.5. The highest BCUT2D eigenvalue weighted by molar-refractivity contribution is 5.86. The first-order valence-electron chi connectivity index (χ1n) is 8.04. The maximum Gasteiger partial charge on any atom is 0.267 e. The van der Waals surface area contributed by atoms with Crippen LogP contribution in [0.2, 0.25) is 0 Å². The molecule has 4 rings (SSSR count). The van der Waals surface area contributed by atoms with E-state index in [9.17, 15) is 4.79 Å². The Labute approximate surface area is 138 Å². The number of anilines is 1. The van der Waals surface area contributed by atoms with Crippen molar-refractivity contribution in [1.29, 1.82) is 0 Å².